The van der Waals surface area contributed by atoms with E-state index in [1.54, 1.807) is 12.1 Å². The van der Waals surface area contributed by atoms with Crippen molar-refractivity contribution in [1.29, 1.82) is 0 Å². The predicted octanol–water partition coefficient (Wildman–Crippen LogP) is 2.63. The Morgan fingerprint density at radius 2 is 1.81 bits per heavy atom. The van der Waals surface area contributed by atoms with Crippen molar-refractivity contribution in [1.82, 2.24) is 0 Å². The number of hydrogen-bond donors (Lipinski definition) is 0. The van der Waals surface area contributed by atoms with E-state index in [2.05, 4.69) is 0 Å². The Labute approximate surface area is 92.7 Å². The van der Waals surface area contributed by atoms with Gasteiger partial charge in [-0.25, -0.2) is 0 Å². The minimum absolute atomic E-state index is 0.162. The summed E-state index contributed by atoms with van der Waals surface area (Å²) in [6.07, 6.45) is 0.575. The van der Waals surface area contributed by atoms with Crippen molar-refractivity contribution in [2.45, 2.75) is 6.92 Å². The molecule has 0 atom stereocenters. The fourth-order valence-electron chi connectivity index (χ4n) is 1.39. The summed E-state index contributed by atoms with van der Waals surface area (Å²) in [5.74, 6) is 0.134. The molecule has 0 aliphatic carbocycles. The lowest BCUT2D eigenvalue weighted by molar-refractivity contribution is 0.100. The minimum atomic E-state index is -0.215. The van der Waals surface area contributed by atoms with E-state index >= 15 is 0 Å². The first-order valence-corrected chi connectivity index (χ1v) is 4.87. The maximum atomic E-state index is 11.9. The molecule has 0 bridgehead atoms. The first-order valence-electron chi connectivity index (χ1n) is 4.87. The molecule has 0 fully saturated rings. The first kappa shape index (κ1) is 10.4. The fourth-order valence-corrected chi connectivity index (χ4v) is 1.39. The van der Waals surface area contributed by atoms with Crippen molar-refractivity contribution in [3.05, 3.63) is 59.0 Å². The van der Waals surface area contributed by atoms with Gasteiger partial charge in [-0.2, -0.15) is 0 Å². The highest BCUT2D eigenvalue weighted by Gasteiger charge is 2.12. The average Bonchev–Trinajstić information content (AvgIpc) is 2.77. The largest absolute Gasteiger partial charge is 0.450 e. The van der Waals surface area contributed by atoms with Crippen molar-refractivity contribution in [2.24, 2.45) is 0 Å². The number of benzene rings is 1. The molecule has 1 aromatic carbocycles. The van der Waals surface area contributed by atoms with Crippen molar-refractivity contribution in [2.75, 3.05) is 0 Å². The van der Waals surface area contributed by atoms with Gasteiger partial charge in [0.2, 0.25) is 5.78 Å². The Balaban J connectivity index is 2.31. The molecule has 2 rings (SSSR count). The molecule has 3 heteroatoms. The van der Waals surface area contributed by atoms with Crippen molar-refractivity contribution in [3.63, 3.8) is 0 Å². The van der Waals surface area contributed by atoms with Gasteiger partial charge in [0.05, 0.1) is 0 Å². The number of aryl methyl sites for hydroxylation is 1. The third-order valence-electron chi connectivity index (χ3n) is 2.28. The van der Waals surface area contributed by atoms with Crippen LogP contribution < -0.4 is 0 Å². The van der Waals surface area contributed by atoms with Crippen LogP contribution >= 0.6 is 0 Å². The zero-order chi connectivity index (χ0) is 11.5. The Bertz CT molecular complexity index is 520. The standard InChI is InChI=1S/C13H10O3/c1-9-2-4-10(5-3-9)13(15)12-7-6-11(8-14)16-12/h2-8H,1H3. The number of aldehydes is 1. The van der Waals surface area contributed by atoms with Gasteiger partial charge in [0, 0.05) is 5.56 Å². The second kappa shape index (κ2) is 4.14. The van der Waals surface area contributed by atoms with Gasteiger partial charge in [-0.3, -0.25) is 9.59 Å². The highest BCUT2D eigenvalue weighted by molar-refractivity contribution is 6.07. The number of carbonyl (C=O) groups is 2. The van der Waals surface area contributed by atoms with Crippen molar-refractivity contribution >= 4 is 12.1 Å². The zero-order valence-electron chi connectivity index (χ0n) is 8.77. The van der Waals surface area contributed by atoms with Gasteiger partial charge in [0.25, 0.3) is 0 Å². The van der Waals surface area contributed by atoms with Crippen LogP contribution in [0.2, 0.25) is 0 Å². The molecule has 1 aromatic heterocycles. The van der Waals surface area contributed by atoms with Gasteiger partial charge < -0.3 is 4.42 Å². The number of hydrogen-bond acceptors (Lipinski definition) is 3. The smallest absolute Gasteiger partial charge is 0.228 e. The molecule has 80 valence electrons. The molecule has 16 heavy (non-hydrogen) atoms. The maximum Gasteiger partial charge on any atom is 0.228 e. The van der Waals surface area contributed by atoms with E-state index in [9.17, 15) is 9.59 Å². The molecule has 0 saturated heterocycles. The van der Waals surface area contributed by atoms with E-state index in [1.807, 2.05) is 19.1 Å². The Hall–Kier alpha value is -2.16. The van der Waals surface area contributed by atoms with Crippen LogP contribution in [0.5, 0.6) is 0 Å². The maximum absolute atomic E-state index is 11.9. The summed E-state index contributed by atoms with van der Waals surface area (Å²) in [6, 6.07) is 10.2. The normalized spacial score (nSPS) is 10.1. The van der Waals surface area contributed by atoms with E-state index in [4.69, 9.17) is 4.42 Å². The molecule has 0 spiro atoms. The van der Waals surface area contributed by atoms with Crippen LogP contribution in [-0.4, -0.2) is 12.1 Å². The van der Waals surface area contributed by atoms with Crippen LogP contribution in [0.4, 0.5) is 0 Å². The third-order valence-corrected chi connectivity index (χ3v) is 2.28. The van der Waals surface area contributed by atoms with E-state index in [-0.39, 0.29) is 17.3 Å². The predicted molar refractivity (Wildman–Crippen MR) is 58.7 cm³/mol. The number of ketones is 1. The van der Waals surface area contributed by atoms with E-state index in [1.165, 1.54) is 12.1 Å². The Morgan fingerprint density at radius 3 is 2.38 bits per heavy atom. The summed E-state index contributed by atoms with van der Waals surface area (Å²) >= 11 is 0. The molecular formula is C13H10O3. The van der Waals surface area contributed by atoms with Crippen LogP contribution in [0.25, 0.3) is 0 Å². The van der Waals surface area contributed by atoms with E-state index < -0.39 is 0 Å². The number of furan rings is 1. The molecule has 0 unspecified atom stereocenters. The van der Waals surface area contributed by atoms with Crippen LogP contribution in [-0.2, 0) is 0 Å². The molecular weight excluding hydrogens is 204 g/mol. The molecule has 0 saturated carbocycles. The second-order valence-electron chi connectivity index (χ2n) is 3.52. The lowest BCUT2D eigenvalue weighted by Crippen LogP contribution is -1.99. The summed E-state index contributed by atoms with van der Waals surface area (Å²) in [7, 11) is 0. The van der Waals surface area contributed by atoms with E-state index in [0.717, 1.165) is 5.56 Å². The summed E-state index contributed by atoms with van der Waals surface area (Å²) in [4.78, 5) is 22.3. The van der Waals surface area contributed by atoms with Crippen LogP contribution in [0, 0.1) is 6.92 Å². The molecule has 0 aliphatic rings. The number of carbonyl (C=O) groups excluding carboxylic acids is 2. The fraction of sp³-hybridized carbons (Fsp3) is 0.0769. The van der Waals surface area contributed by atoms with Crippen LogP contribution in [0.1, 0.15) is 32.2 Å². The zero-order valence-corrected chi connectivity index (χ0v) is 8.77. The monoisotopic (exact) mass is 214 g/mol. The SMILES string of the molecule is Cc1ccc(C(=O)c2ccc(C=O)o2)cc1. The molecule has 0 N–H and O–H groups in total. The van der Waals surface area contributed by atoms with Gasteiger partial charge in [0.15, 0.2) is 17.8 Å². The lowest BCUT2D eigenvalue weighted by atomic mass is 10.1. The number of rotatable bonds is 3. The Kier molecular flexibility index (Phi) is 2.68. The van der Waals surface area contributed by atoms with Crippen molar-refractivity contribution < 1.29 is 14.0 Å². The van der Waals surface area contributed by atoms with Gasteiger partial charge in [-0.15, -0.1) is 0 Å². The third kappa shape index (κ3) is 1.93. The molecule has 3 nitrogen and oxygen atoms in total. The molecule has 0 radical (unpaired) electrons. The van der Waals surface area contributed by atoms with Crippen molar-refractivity contribution in [3.8, 4) is 0 Å². The highest BCUT2D eigenvalue weighted by Crippen LogP contribution is 2.13. The second-order valence-corrected chi connectivity index (χ2v) is 3.52. The topological polar surface area (TPSA) is 47.3 Å². The summed E-state index contributed by atoms with van der Waals surface area (Å²) in [5.41, 5.74) is 1.64. The molecule has 0 aliphatic heterocycles. The first-order chi connectivity index (χ1) is 7.70. The Morgan fingerprint density at radius 1 is 1.12 bits per heavy atom. The van der Waals surface area contributed by atoms with E-state index in [0.29, 0.717) is 11.8 Å². The average molecular weight is 214 g/mol. The van der Waals surface area contributed by atoms with Gasteiger partial charge in [0.1, 0.15) is 0 Å². The summed E-state index contributed by atoms with van der Waals surface area (Å²) in [6.45, 7) is 1.95. The minimum Gasteiger partial charge on any atom is -0.450 e. The lowest BCUT2D eigenvalue weighted by Gasteiger charge is -1.97. The van der Waals surface area contributed by atoms with Gasteiger partial charge >= 0.3 is 0 Å². The van der Waals surface area contributed by atoms with Gasteiger partial charge in [-0.05, 0) is 19.1 Å². The quantitative estimate of drug-likeness (QED) is 0.582. The molecule has 0 amide bonds. The summed E-state index contributed by atoms with van der Waals surface area (Å²) in [5, 5.41) is 0. The molecule has 1 heterocycles. The van der Waals surface area contributed by atoms with Crippen LogP contribution in [0.3, 0.4) is 0 Å². The summed E-state index contributed by atoms with van der Waals surface area (Å²) < 4.78 is 5.06. The molecule has 2 aromatic rings. The van der Waals surface area contributed by atoms with Crippen LogP contribution in [0.15, 0.2) is 40.8 Å². The highest BCUT2D eigenvalue weighted by atomic mass is 16.4. The van der Waals surface area contributed by atoms with Gasteiger partial charge in [-0.1, -0.05) is 29.8 Å².